The van der Waals surface area contributed by atoms with Gasteiger partial charge >= 0.3 is 11.8 Å². The Labute approximate surface area is 162 Å². The van der Waals surface area contributed by atoms with E-state index in [4.69, 9.17) is 4.74 Å². The summed E-state index contributed by atoms with van der Waals surface area (Å²) in [4.78, 5) is 41.0. The second kappa shape index (κ2) is 8.64. The second-order valence-corrected chi connectivity index (χ2v) is 6.69. The lowest BCUT2D eigenvalue weighted by atomic mass is 10.0. The highest BCUT2D eigenvalue weighted by Crippen LogP contribution is 2.26. The zero-order valence-corrected chi connectivity index (χ0v) is 15.6. The van der Waals surface area contributed by atoms with Gasteiger partial charge in [0.1, 0.15) is 18.3 Å². The molecule has 1 amide bonds. The van der Waals surface area contributed by atoms with E-state index in [1.165, 1.54) is 29.1 Å². The van der Waals surface area contributed by atoms with Crippen LogP contribution in [0.4, 0.5) is 5.82 Å². The van der Waals surface area contributed by atoms with Gasteiger partial charge in [-0.15, -0.1) is 0 Å². The molecule has 3 rings (SSSR count). The molecule has 28 heavy (non-hydrogen) atoms. The van der Waals surface area contributed by atoms with E-state index in [1.54, 1.807) is 0 Å². The van der Waals surface area contributed by atoms with Crippen molar-refractivity contribution in [1.29, 1.82) is 0 Å². The second-order valence-electron chi connectivity index (χ2n) is 6.69. The van der Waals surface area contributed by atoms with Gasteiger partial charge in [-0.3, -0.25) is 9.36 Å². The van der Waals surface area contributed by atoms with Gasteiger partial charge in [0, 0.05) is 6.54 Å². The minimum atomic E-state index is -0.688. The van der Waals surface area contributed by atoms with Gasteiger partial charge < -0.3 is 19.8 Å². The van der Waals surface area contributed by atoms with E-state index >= 15 is 0 Å². The van der Waals surface area contributed by atoms with Gasteiger partial charge in [-0.25, -0.2) is 4.79 Å². The fourth-order valence-corrected chi connectivity index (χ4v) is 3.54. The molecule has 2 aromatic rings. The Bertz CT molecular complexity index is 851. The molecular weight excluding hydrogens is 364 g/mol. The molecular formula is C19H22N4O5. The van der Waals surface area contributed by atoms with Crippen LogP contribution in [0.2, 0.25) is 0 Å². The molecule has 2 atom stereocenters. The number of hydrogen-bond acceptors (Lipinski definition) is 6. The smallest absolute Gasteiger partial charge is 0.381 e. The molecule has 1 aromatic heterocycles. The van der Waals surface area contributed by atoms with Crippen molar-refractivity contribution in [1.82, 2.24) is 14.5 Å². The quantitative estimate of drug-likeness (QED) is 0.410. The summed E-state index contributed by atoms with van der Waals surface area (Å²) >= 11 is 0. The number of benzene rings is 1. The summed E-state index contributed by atoms with van der Waals surface area (Å²) in [6.07, 6.45) is 4.86. The van der Waals surface area contributed by atoms with Gasteiger partial charge in [0.2, 0.25) is 12.2 Å². The summed E-state index contributed by atoms with van der Waals surface area (Å²) in [5.41, 5.74) is 1.06. The number of carbonyl (C=O) groups is 2. The van der Waals surface area contributed by atoms with Crippen LogP contribution < -0.4 is 0 Å². The monoisotopic (exact) mass is 386 g/mol. The van der Waals surface area contributed by atoms with E-state index in [0.717, 1.165) is 5.56 Å². The van der Waals surface area contributed by atoms with Gasteiger partial charge in [0.15, 0.2) is 0 Å². The van der Waals surface area contributed by atoms with Crippen molar-refractivity contribution in [2.24, 2.45) is 0 Å². The first-order valence-corrected chi connectivity index (χ1v) is 9.11. The summed E-state index contributed by atoms with van der Waals surface area (Å²) in [5.74, 6) is -1.01. The number of nitro groups is 1. The molecule has 0 N–H and O–H groups in total. The van der Waals surface area contributed by atoms with Crippen LogP contribution in [0.1, 0.15) is 30.9 Å². The highest BCUT2D eigenvalue weighted by atomic mass is 16.6. The Hall–Kier alpha value is -3.23. The number of carbonyl (C=O) groups excluding carboxylic acids is 2. The third kappa shape index (κ3) is 4.19. The number of aryl methyl sites for hydroxylation is 1. The number of ether oxygens (including phenoxy) is 1. The van der Waals surface area contributed by atoms with Crippen molar-refractivity contribution in [2.75, 3.05) is 13.7 Å². The SMILES string of the molecule is COC(=O)C1CCCN1C(=O)C(CCc1ccccc1)n1cnc([N+](=O)[O-])c1. The van der Waals surface area contributed by atoms with Crippen LogP contribution in [0.3, 0.4) is 0 Å². The molecule has 1 fully saturated rings. The first-order chi connectivity index (χ1) is 13.5. The number of aromatic nitrogens is 2. The van der Waals surface area contributed by atoms with Crippen LogP contribution in [-0.4, -0.2) is 50.9 Å². The molecule has 0 radical (unpaired) electrons. The van der Waals surface area contributed by atoms with E-state index in [2.05, 4.69) is 4.98 Å². The number of imidazole rings is 1. The predicted molar refractivity (Wildman–Crippen MR) is 99.4 cm³/mol. The summed E-state index contributed by atoms with van der Waals surface area (Å²) in [7, 11) is 1.30. The van der Waals surface area contributed by atoms with E-state index in [1.807, 2.05) is 30.3 Å². The molecule has 148 valence electrons. The molecule has 1 aliphatic heterocycles. The Morgan fingerprint density at radius 3 is 2.75 bits per heavy atom. The first kappa shape index (κ1) is 19.5. The van der Waals surface area contributed by atoms with Gasteiger partial charge in [-0.1, -0.05) is 30.3 Å². The highest BCUT2D eigenvalue weighted by Gasteiger charge is 2.38. The normalized spacial score (nSPS) is 17.3. The molecule has 1 saturated heterocycles. The predicted octanol–water partition coefficient (Wildman–Crippen LogP) is 2.13. The zero-order chi connectivity index (χ0) is 20.1. The molecule has 9 nitrogen and oxygen atoms in total. The van der Waals surface area contributed by atoms with E-state index in [0.29, 0.717) is 32.2 Å². The zero-order valence-electron chi connectivity index (χ0n) is 15.6. The van der Waals surface area contributed by atoms with Gasteiger partial charge in [0.05, 0.1) is 7.11 Å². The topological polar surface area (TPSA) is 108 Å². The molecule has 2 unspecified atom stereocenters. The number of methoxy groups -OCH3 is 1. The van der Waals surface area contributed by atoms with Crippen LogP contribution in [0.25, 0.3) is 0 Å². The Kier molecular flexibility index (Phi) is 6.03. The Balaban J connectivity index is 1.84. The molecule has 1 aromatic carbocycles. The number of hydrogen-bond donors (Lipinski definition) is 0. The number of nitrogens with zero attached hydrogens (tertiary/aromatic N) is 4. The van der Waals surface area contributed by atoms with Crippen molar-refractivity contribution in [2.45, 2.75) is 37.8 Å². The largest absolute Gasteiger partial charge is 0.467 e. The van der Waals surface area contributed by atoms with E-state index in [9.17, 15) is 19.7 Å². The van der Waals surface area contributed by atoms with Crippen molar-refractivity contribution < 1.29 is 19.2 Å². The van der Waals surface area contributed by atoms with Crippen LogP contribution in [0.15, 0.2) is 42.9 Å². The molecule has 0 spiro atoms. The van der Waals surface area contributed by atoms with E-state index < -0.39 is 23.0 Å². The van der Waals surface area contributed by atoms with E-state index in [-0.39, 0.29) is 11.7 Å². The minimum Gasteiger partial charge on any atom is -0.467 e. The van der Waals surface area contributed by atoms with Crippen LogP contribution in [-0.2, 0) is 20.7 Å². The maximum Gasteiger partial charge on any atom is 0.381 e. The minimum absolute atomic E-state index is 0.254. The van der Waals surface area contributed by atoms with Crippen LogP contribution in [0.5, 0.6) is 0 Å². The van der Waals surface area contributed by atoms with Crippen molar-refractivity contribution >= 4 is 17.7 Å². The van der Waals surface area contributed by atoms with Gasteiger partial charge in [0.25, 0.3) is 0 Å². The molecule has 9 heteroatoms. The summed E-state index contributed by atoms with van der Waals surface area (Å²) in [5, 5.41) is 11.0. The van der Waals surface area contributed by atoms with Gasteiger partial charge in [-0.05, 0) is 41.2 Å². The lowest BCUT2D eigenvalue weighted by molar-refractivity contribution is -0.389. The van der Waals surface area contributed by atoms with Crippen LogP contribution in [0, 0.1) is 10.1 Å². The average molecular weight is 386 g/mol. The lowest BCUT2D eigenvalue weighted by Gasteiger charge is -2.27. The maximum atomic E-state index is 13.3. The summed E-state index contributed by atoms with van der Waals surface area (Å²) in [6, 6.07) is 8.37. The average Bonchev–Trinajstić information content (AvgIpc) is 3.38. The Morgan fingerprint density at radius 2 is 2.11 bits per heavy atom. The number of likely N-dealkylation sites (tertiary alicyclic amines) is 1. The summed E-state index contributed by atoms with van der Waals surface area (Å²) < 4.78 is 6.29. The van der Waals surface area contributed by atoms with Crippen molar-refractivity contribution in [3.05, 3.63) is 58.5 Å². The number of amides is 1. The molecule has 0 saturated carbocycles. The summed E-state index contributed by atoms with van der Waals surface area (Å²) in [6.45, 7) is 0.456. The van der Waals surface area contributed by atoms with Crippen molar-refractivity contribution in [3.63, 3.8) is 0 Å². The third-order valence-corrected chi connectivity index (χ3v) is 4.98. The van der Waals surface area contributed by atoms with Gasteiger partial charge in [-0.2, -0.15) is 0 Å². The highest BCUT2D eigenvalue weighted by molar-refractivity contribution is 5.87. The molecule has 0 bridgehead atoms. The third-order valence-electron chi connectivity index (χ3n) is 4.98. The number of esters is 1. The fourth-order valence-electron chi connectivity index (χ4n) is 3.54. The lowest BCUT2D eigenvalue weighted by Crippen LogP contribution is -2.44. The van der Waals surface area contributed by atoms with Crippen molar-refractivity contribution in [3.8, 4) is 0 Å². The fraction of sp³-hybridized carbons (Fsp3) is 0.421. The standard InChI is InChI=1S/C19H22N4O5/c1-28-19(25)16-8-5-11-22(16)18(24)15(10-9-14-6-3-2-4-7-14)21-12-17(20-13-21)23(26)27/h2-4,6-7,12-13,15-16H,5,8-11H2,1H3. The molecule has 0 aliphatic carbocycles. The Morgan fingerprint density at radius 1 is 1.36 bits per heavy atom. The number of rotatable bonds is 7. The first-order valence-electron chi connectivity index (χ1n) is 9.11. The molecule has 2 heterocycles. The molecule has 1 aliphatic rings. The van der Waals surface area contributed by atoms with Crippen LogP contribution >= 0.6 is 0 Å². The maximum absolute atomic E-state index is 13.3.